The average molecular weight is 306 g/mol. The van der Waals surface area contributed by atoms with E-state index >= 15 is 0 Å². The SMILES string of the molecule is O.O.O.O.O.O.O.O.O=[Si]=O.[O]=[Al][O][Al]=[O]. The second kappa shape index (κ2) is 186. The molecule has 0 rings (SSSR count). The summed E-state index contributed by atoms with van der Waals surface area (Å²) in [6.07, 6.45) is 0. The van der Waals surface area contributed by atoms with Crippen molar-refractivity contribution in [2.75, 3.05) is 0 Å². The summed E-state index contributed by atoms with van der Waals surface area (Å²) in [6.45, 7) is 0. The summed E-state index contributed by atoms with van der Waals surface area (Å²) in [5.41, 5.74) is 0. The maximum atomic E-state index is 9.21. The van der Waals surface area contributed by atoms with Crippen molar-refractivity contribution in [2.24, 2.45) is 0 Å². The Hall–Kier alpha value is -0.0382. The number of hydrogen-bond acceptors (Lipinski definition) is 5. The van der Waals surface area contributed by atoms with Gasteiger partial charge in [0.2, 0.25) is 0 Å². The molecule has 0 radical (unpaired) electrons. The molecule has 16 N–H and O–H groups in total. The van der Waals surface area contributed by atoms with Gasteiger partial charge in [-0.25, -0.2) is 0 Å². The minimum atomic E-state index is -1.42. The molecule has 0 aliphatic carbocycles. The Balaban J connectivity index is -0.00000000388. The first-order chi connectivity index (χ1) is 3.83. The van der Waals surface area contributed by atoms with Crippen molar-refractivity contribution >= 4 is 40.3 Å². The predicted molar refractivity (Wildman–Crippen MR) is 50.0 cm³/mol. The number of hydrogen-bond donors (Lipinski definition) is 0. The molecule has 0 amide bonds. The summed E-state index contributed by atoms with van der Waals surface area (Å²) in [6, 6.07) is 0. The van der Waals surface area contributed by atoms with Crippen LogP contribution < -0.4 is 0 Å². The molecule has 0 bridgehead atoms. The zero-order chi connectivity index (χ0) is 6.83. The third-order valence-electron chi connectivity index (χ3n) is 0.111. The molecule has 0 aliphatic rings. The fourth-order valence-corrected chi connectivity index (χ4v) is 0.204. The summed E-state index contributed by atoms with van der Waals surface area (Å²) in [5, 5.41) is 0. The molecule has 16 heteroatoms. The Kier molecular flexibility index (Phi) is 1170. The van der Waals surface area contributed by atoms with Gasteiger partial charge >= 0.3 is 50.7 Å². The molecule has 0 heterocycles. The molecule has 0 unspecified atom stereocenters. The summed E-state index contributed by atoms with van der Waals surface area (Å²) in [4.78, 5) is 0. The fourth-order valence-electron chi connectivity index (χ4n) is 0.0227. The molecule has 0 spiro atoms. The van der Waals surface area contributed by atoms with Crippen molar-refractivity contribution in [1.29, 1.82) is 0 Å². The Morgan fingerprint density at radius 1 is 0.625 bits per heavy atom. The van der Waals surface area contributed by atoms with E-state index in [4.69, 9.17) is 8.92 Å². The summed E-state index contributed by atoms with van der Waals surface area (Å²) < 4.78 is 39.1. The molecule has 0 aromatic carbocycles. The van der Waals surface area contributed by atoms with Crippen LogP contribution in [0.5, 0.6) is 0 Å². The van der Waals surface area contributed by atoms with Gasteiger partial charge in [-0.2, -0.15) is 0 Å². The predicted octanol–water partition coefficient (Wildman–Crippen LogP) is -8.28. The molecule has 0 atom stereocenters. The van der Waals surface area contributed by atoms with Crippen LogP contribution in [0.4, 0.5) is 0 Å². The van der Waals surface area contributed by atoms with Crippen LogP contribution in [0, 0.1) is 0 Å². The van der Waals surface area contributed by atoms with Crippen LogP contribution in [0.15, 0.2) is 0 Å². The van der Waals surface area contributed by atoms with Crippen LogP contribution in [0.2, 0.25) is 0 Å². The second-order valence-corrected chi connectivity index (χ2v) is 2.05. The van der Waals surface area contributed by atoms with Gasteiger partial charge < -0.3 is 43.8 Å². The van der Waals surface area contributed by atoms with E-state index in [1.165, 1.54) is 0 Å². The van der Waals surface area contributed by atoms with Crippen molar-refractivity contribution in [2.45, 2.75) is 0 Å². The molecular formula is H16Al2O13Si. The quantitative estimate of drug-likeness (QED) is 0.446. The topological polar surface area (TPSA) is 330 Å². The number of rotatable bonds is 2. The van der Waals surface area contributed by atoms with Crippen molar-refractivity contribution < 1.29 is 63.2 Å². The first-order valence-electron chi connectivity index (χ1n) is 1.35. The van der Waals surface area contributed by atoms with E-state index in [1.807, 2.05) is 0 Å². The Bertz CT molecular complexity index is 90.1. The molecule has 16 heavy (non-hydrogen) atoms. The molecule has 0 saturated heterocycles. The van der Waals surface area contributed by atoms with Gasteiger partial charge in [0.15, 0.2) is 0 Å². The van der Waals surface area contributed by atoms with E-state index in [-0.39, 0.29) is 43.8 Å². The molecular weight excluding hydrogens is 290 g/mol. The van der Waals surface area contributed by atoms with Gasteiger partial charge in [0, 0.05) is 0 Å². The summed E-state index contributed by atoms with van der Waals surface area (Å²) in [5.74, 6) is 0. The van der Waals surface area contributed by atoms with Gasteiger partial charge in [0.25, 0.3) is 0 Å². The van der Waals surface area contributed by atoms with E-state index in [1.54, 1.807) is 0 Å². The standard InChI is InChI=1S/2Al.O2Si.8H2O.3O/c;;1-3-2;;;;;;;;;;;/h;;;8*1H2;;;. The van der Waals surface area contributed by atoms with Crippen LogP contribution in [0.25, 0.3) is 0 Å². The zero-order valence-electron chi connectivity index (χ0n) is 7.70. The van der Waals surface area contributed by atoms with Crippen molar-refractivity contribution in [3.63, 3.8) is 0 Å². The molecule has 0 aromatic rings. The van der Waals surface area contributed by atoms with E-state index in [0.717, 1.165) is 0 Å². The minimum absolute atomic E-state index is 0. The second-order valence-electron chi connectivity index (χ2n) is 0.412. The van der Waals surface area contributed by atoms with Gasteiger partial charge in [-0.15, -0.1) is 0 Å². The van der Waals surface area contributed by atoms with Crippen LogP contribution in [0.1, 0.15) is 0 Å². The summed E-state index contributed by atoms with van der Waals surface area (Å²) in [7, 11) is -1.42. The maximum absolute atomic E-state index is 9.21. The zero-order valence-corrected chi connectivity index (χ0v) is 11.0. The van der Waals surface area contributed by atoms with Crippen molar-refractivity contribution in [3.8, 4) is 0 Å². The van der Waals surface area contributed by atoms with Crippen LogP contribution in [-0.4, -0.2) is 84.1 Å². The molecule has 0 aromatic heterocycles. The van der Waals surface area contributed by atoms with Crippen LogP contribution >= 0.6 is 0 Å². The summed E-state index contributed by atoms with van der Waals surface area (Å²) >= 11 is -2.48. The normalized spacial score (nSPS) is 1.75. The molecule has 0 aliphatic heterocycles. The van der Waals surface area contributed by atoms with Gasteiger partial charge in [0.1, 0.15) is 0 Å². The van der Waals surface area contributed by atoms with Crippen molar-refractivity contribution in [3.05, 3.63) is 0 Å². The first kappa shape index (κ1) is 101. The third-order valence-corrected chi connectivity index (χ3v) is 1.00. The van der Waals surface area contributed by atoms with Crippen LogP contribution in [-0.2, 0) is 19.4 Å². The Labute approximate surface area is 104 Å². The Morgan fingerprint density at radius 3 is 0.750 bits per heavy atom. The fraction of sp³-hybridized carbons (Fsp3) is 0. The molecule has 0 saturated carbocycles. The van der Waals surface area contributed by atoms with E-state index in [9.17, 15) is 7.61 Å². The van der Waals surface area contributed by atoms with E-state index in [2.05, 4.69) is 2.84 Å². The van der Waals surface area contributed by atoms with E-state index < -0.39 is 40.3 Å². The van der Waals surface area contributed by atoms with Crippen LogP contribution in [0.3, 0.4) is 0 Å². The van der Waals surface area contributed by atoms with Gasteiger partial charge in [-0.1, -0.05) is 0 Å². The molecule has 104 valence electrons. The molecule has 0 fully saturated rings. The monoisotopic (exact) mass is 306 g/mol. The van der Waals surface area contributed by atoms with Gasteiger partial charge in [-0.3, -0.25) is 8.92 Å². The third kappa shape index (κ3) is 609. The first-order valence-corrected chi connectivity index (χ1v) is 4.05. The van der Waals surface area contributed by atoms with Gasteiger partial charge in [-0.05, 0) is 0 Å². The Morgan fingerprint density at radius 2 is 0.750 bits per heavy atom. The van der Waals surface area contributed by atoms with Crippen molar-refractivity contribution in [1.82, 2.24) is 0 Å². The average Bonchev–Trinajstić information content (AvgIpc) is 1.71. The van der Waals surface area contributed by atoms with E-state index in [0.29, 0.717) is 0 Å². The van der Waals surface area contributed by atoms with Gasteiger partial charge in [0.05, 0.1) is 0 Å². The molecule has 13 nitrogen and oxygen atoms in total.